The highest BCUT2D eigenvalue weighted by Gasteiger charge is 2.32. The van der Waals surface area contributed by atoms with Crippen molar-refractivity contribution in [1.29, 1.82) is 0 Å². The van der Waals surface area contributed by atoms with Crippen LogP contribution >= 0.6 is 0 Å². The molecule has 0 aliphatic carbocycles. The number of nitrogens with two attached hydrogens (primary N) is 1. The van der Waals surface area contributed by atoms with E-state index in [0.717, 1.165) is 23.5 Å². The zero-order valence-corrected chi connectivity index (χ0v) is 12.1. The van der Waals surface area contributed by atoms with Gasteiger partial charge in [-0.1, -0.05) is 0 Å². The second-order valence-electron chi connectivity index (χ2n) is 5.73. The Morgan fingerprint density at radius 1 is 1.42 bits per heavy atom. The van der Waals surface area contributed by atoms with Crippen molar-refractivity contribution in [2.45, 2.75) is 59.5 Å². The zero-order valence-electron chi connectivity index (χ0n) is 12.1. The van der Waals surface area contributed by atoms with Crippen molar-refractivity contribution < 1.29 is 9.53 Å². The molecule has 2 N–H and O–H groups in total. The Morgan fingerprint density at radius 3 is 2.63 bits per heavy atom. The summed E-state index contributed by atoms with van der Waals surface area (Å²) in [5.74, 6) is 0. The van der Waals surface area contributed by atoms with Crippen LogP contribution in [0.3, 0.4) is 0 Å². The molecule has 0 aromatic carbocycles. The van der Waals surface area contributed by atoms with E-state index in [2.05, 4.69) is 5.10 Å². The Kier molecular flexibility index (Phi) is 3.54. The largest absolute Gasteiger partial charge is 0.444 e. The molecule has 0 saturated heterocycles. The van der Waals surface area contributed by atoms with Gasteiger partial charge in [0.1, 0.15) is 5.60 Å². The van der Waals surface area contributed by atoms with E-state index in [9.17, 15) is 4.79 Å². The van der Waals surface area contributed by atoms with Crippen LogP contribution in [0.15, 0.2) is 0 Å². The number of nitrogens with zero attached hydrogens (tertiary/aromatic N) is 3. The quantitative estimate of drug-likeness (QED) is 0.882. The molecule has 2 heterocycles. The number of carbonyl (C=O) groups excluding carboxylic acids is 1. The highest BCUT2D eigenvalue weighted by atomic mass is 16.6. The van der Waals surface area contributed by atoms with E-state index in [-0.39, 0.29) is 6.09 Å². The first kappa shape index (κ1) is 13.9. The van der Waals surface area contributed by atoms with Crippen molar-refractivity contribution in [1.82, 2.24) is 14.7 Å². The van der Waals surface area contributed by atoms with Gasteiger partial charge < -0.3 is 10.5 Å². The number of amides is 1. The number of hydrogen-bond acceptors (Lipinski definition) is 4. The van der Waals surface area contributed by atoms with Crippen LogP contribution in [0.25, 0.3) is 0 Å². The fourth-order valence-corrected chi connectivity index (χ4v) is 2.26. The SMILES string of the molecule is CCn1nc(CN)c2c1CN(C(=O)OC(C)(C)C)C2. The summed E-state index contributed by atoms with van der Waals surface area (Å²) in [4.78, 5) is 13.8. The molecule has 106 valence electrons. The second-order valence-corrected chi connectivity index (χ2v) is 5.73. The second kappa shape index (κ2) is 4.85. The van der Waals surface area contributed by atoms with Crippen LogP contribution in [0.4, 0.5) is 4.79 Å². The third-order valence-corrected chi connectivity index (χ3v) is 3.08. The molecule has 6 nitrogen and oxygen atoms in total. The average molecular weight is 266 g/mol. The van der Waals surface area contributed by atoms with E-state index in [1.54, 1.807) is 4.90 Å². The van der Waals surface area contributed by atoms with E-state index < -0.39 is 5.60 Å². The van der Waals surface area contributed by atoms with Crippen LogP contribution in [0, 0.1) is 0 Å². The van der Waals surface area contributed by atoms with Gasteiger partial charge in [0.2, 0.25) is 0 Å². The predicted molar refractivity (Wildman–Crippen MR) is 71.3 cm³/mol. The Bertz CT molecular complexity index is 459. The van der Waals surface area contributed by atoms with Gasteiger partial charge in [0.15, 0.2) is 0 Å². The van der Waals surface area contributed by atoms with E-state index in [1.807, 2.05) is 32.4 Å². The number of aromatic nitrogens is 2. The normalized spacial score (nSPS) is 14.7. The van der Waals surface area contributed by atoms with Gasteiger partial charge in [0.05, 0.1) is 24.5 Å². The predicted octanol–water partition coefficient (Wildman–Crippen LogP) is 1.61. The van der Waals surface area contributed by atoms with Gasteiger partial charge in [-0.15, -0.1) is 0 Å². The molecule has 0 bridgehead atoms. The highest BCUT2D eigenvalue weighted by Crippen LogP contribution is 2.27. The lowest BCUT2D eigenvalue weighted by atomic mass is 10.2. The minimum atomic E-state index is -0.473. The molecule has 1 amide bonds. The van der Waals surface area contributed by atoms with Crippen molar-refractivity contribution >= 4 is 6.09 Å². The number of ether oxygens (including phenoxy) is 1. The fraction of sp³-hybridized carbons (Fsp3) is 0.692. The third-order valence-electron chi connectivity index (χ3n) is 3.08. The van der Waals surface area contributed by atoms with Crippen LogP contribution in [0.2, 0.25) is 0 Å². The van der Waals surface area contributed by atoms with Crippen LogP contribution < -0.4 is 5.73 Å². The third kappa shape index (κ3) is 2.73. The molecule has 1 aliphatic heterocycles. The van der Waals surface area contributed by atoms with Gasteiger partial charge in [-0.2, -0.15) is 5.10 Å². The first-order chi connectivity index (χ1) is 8.85. The number of fused-ring (bicyclic) bond motifs is 1. The van der Waals surface area contributed by atoms with Crippen molar-refractivity contribution in [3.63, 3.8) is 0 Å². The van der Waals surface area contributed by atoms with E-state index >= 15 is 0 Å². The minimum Gasteiger partial charge on any atom is -0.444 e. The van der Waals surface area contributed by atoms with Gasteiger partial charge in [0.25, 0.3) is 0 Å². The average Bonchev–Trinajstić information content (AvgIpc) is 2.84. The topological polar surface area (TPSA) is 73.4 Å². The fourth-order valence-electron chi connectivity index (χ4n) is 2.26. The van der Waals surface area contributed by atoms with Crippen LogP contribution in [-0.4, -0.2) is 26.4 Å². The molecular weight excluding hydrogens is 244 g/mol. The summed E-state index contributed by atoms with van der Waals surface area (Å²) in [6, 6.07) is 0. The summed E-state index contributed by atoms with van der Waals surface area (Å²) in [6.07, 6.45) is -0.283. The molecule has 0 unspecified atom stereocenters. The van der Waals surface area contributed by atoms with Crippen LogP contribution in [0.5, 0.6) is 0 Å². The molecule has 19 heavy (non-hydrogen) atoms. The van der Waals surface area contributed by atoms with E-state index in [1.165, 1.54) is 0 Å². The maximum Gasteiger partial charge on any atom is 0.410 e. The molecule has 1 aromatic heterocycles. The number of carbonyl (C=O) groups is 1. The number of aryl methyl sites for hydroxylation is 1. The summed E-state index contributed by atoms with van der Waals surface area (Å²) in [6.45, 7) is 9.90. The smallest absolute Gasteiger partial charge is 0.410 e. The Hall–Kier alpha value is -1.56. The summed E-state index contributed by atoms with van der Waals surface area (Å²) in [7, 11) is 0. The summed E-state index contributed by atoms with van der Waals surface area (Å²) < 4.78 is 7.31. The molecule has 0 atom stereocenters. The molecular formula is C13H22N4O2. The number of rotatable bonds is 2. The maximum absolute atomic E-state index is 12.1. The van der Waals surface area contributed by atoms with E-state index in [4.69, 9.17) is 10.5 Å². The van der Waals surface area contributed by atoms with Gasteiger partial charge in [-0.3, -0.25) is 9.58 Å². The first-order valence-electron chi connectivity index (χ1n) is 6.61. The standard InChI is InChI=1S/C13H22N4O2/c1-5-17-11-8-16(12(18)19-13(2,3)4)7-9(11)10(6-14)15-17/h5-8,14H2,1-4H3. The summed E-state index contributed by atoms with van der Waals surface area (Å²) in [5.41, 5.74) is 8.27. The monoisotopic (exact) mass is 266 g/mol. The molecule has 1 aromatic rings. The lowest BCUT2D eigenvalue weighted by molar-refractivity contribution is 0.0238. The summed E-state index contributed by atoms with van der Waals surface area (Å²) >= 11 is 0. The number of hydrogen-bond donors (Lipinski definition) is 1. The Labute approximate surface area is 113 Å². The van der Waals surface area contributed by atoms with Crippen LogP contribution in [0.1, 0.15) is 44.6 Å². The van der Waals surface area contributed by atoms with Gasteiger partial charge in [-0.05, 0) is 27.7 Å². The molecule has 2 rings (SSSR count). The van der Waals surface area contributed by atoms with Gasteiger partial charge in [-0.25, -0.2) is 4.79 Å². The van der Waals surface area contributed by atoms with Crippen molar-refractivity contribution in [3.8, 4) is 0 Å². The molecule has 6 heteroatoms. The molecule has 0 spiro atoms. The highest BCUT2D eigenvalue weighted by molar-refractivity contribution is 5.69. The Balaban J connectivity index is 2.16. The maximum atomic E-state index is 12.1. The van der Waals surface area contributed by atoms with E-state index in [0.29, 0.717) is 19.6 Å². The van der Waals surface area contributed by atoms with Gasteiger partial charge in [0, 0.05) is 18.7 Å². The molecule has 0 saturated carbocycles. The van der Waals surface area contributed by atoms with Crippen molar-refractivity contribution in [2.24, 2.45) is 5.73 Å². The zero-order chi connectivity index (χ0) is 14.2. The first-order valence-corrected chi connectivity index (χ1v) is 6.61. The molecule has 0 radical (unpaired) electrons. The van der Waals surface area contributed by atoms with Gasteiger partial charge >= 0.3 is 6.09 Å². The minimum absolute atomic E-state index is 0.283. The Morgan fingerprint density at radius 2 is 2.11 bits per heavy atom. The van der Waals surface area contributed by atoms with Crippen molar-refractivity contribution in [3.05, 3.63) is 17.0 Å². The van der Waals surface area contributed by atoms with Crippen molar-refractivity contribution in [2.75, 3.05) is 0 Å². The molecule has 0 fully saturated rings. The summed E-state index contributed by atoms with van der Waals surface area (Å²) in [5, 5.41) is 4.45. The molecule has 1 aliphatic rings. The lowest BCUT2D eigenvalue weighted by Gasteiger charge is -2.24. The van der Waals surface area contributed by atoms with Crippen LogP contribution in [-0.2, 0) is 30.9 Å². The lowest BCUT2D eigenvalue weighted by Crippen LogP contribution is -2.34.